The summed E-state index contributed by atoms with van der Waals surface area (Å²) >= 11 is 18.1. The van der Waals surface area contributed by atoms with Gasteiger partial charge in [-0.15, -0.1) is 13.2 Å². The Morgan fingerprint density at radius 3 is 1.33 bits per heavy atom. The monoisotopic (exact) mass is 323 g/mol. The number of thiocarbonyl (C=S) groups is 2. The third kappa shape index (κ3) is 31.4. The van der Waals surface area contributed by atoms with Crippen LogP contribution in [0.3, 0.4) is 0 Å². The van der Waals surface area contributed by atoms with E-state index in [1.165, 1.54) is 0 Å². The van der Waals surface area contributed by atoms with Gasteiger partial charge < -0.3 is 60.3 Å². The molecular formula is C8H12CoN2S4. The molecule has 0 rings (SSSR count). The van der Waals surface area contributed by atoms with Crippen LogP contribution in [0.4, 0.5) is 0 Å². The standard InChI is InChI=1S/2C4H7NS2.Co/c2*1-2-3-5-4(6)7;/h2*2H,1,3H2,(H2,5,6,7);/q;;+2/p-2. The molecular weight excluding hydrogens is 311 g/mol. The maximum Gasteiger partial charge on any atom is 2.00 e. The van der Waals surface area contributed by atoms with E-state index in [0.29, 0.717) is 21.7 Å². The van der Waals surface area contributed by atoms with Gasteiger partial charge in [0.2, 0.25) is 0 Å². The van der Waals surface area contributed by atoms with Gasteiger partial charge in [0.15, 0.2) is 0 Å². The van der Waals surface area contributed by atoms with E-state index in [9.17, 15) is 0 Å². The molecule has 0 unspecified atom stereocenters. The van der Waals surface area contributed by atoms with E-state index in [4.69, 9.17) is 0 Å². The van der Waals surface area contributed by atoms with Crippen LogP contribution in [0.5, 0.6) is 0 Å². The predicted octanol–water partition coefficient (Wildman–Crippen LogP) is 1.19. The Hall–Kier alpha value is 0.206. The van der Waals surface area contributed by atoms with E-state index in [1.807, 2.05) is 0 Å². The molecule has 2 nitrogen and oxygen atoms in total. The van der Waals surface area contributed by atoms with Gasteiger partial charge in [0.05, 0.1) is 0 Å². The van der Waals surface area contributed by atoms with Crippen LogP contribution < -0.4 is 10.6 Å². The van der Waals surface area contributed by atoms with Crippen LogP contribution in [0.2, 0.25) is 0 Å². The molecule has 0 aromatic rings. The molecule has 0 fully saturated rings. The molecule has 0 heterocycles. The van der Waals surface area contributed by atoms with Crippen molar-refractivity contribution >= 4 is 58.3 Å². The third-order valence-electron chi connectivity index (χ3n) is 0.781. The first-order chi connectivity index (χ1) is 6.54. The molecule has 0 amide bonds. The van der Waals surface area contributed by atoms with E-state index < -0.39 is 0 Å². The molecule has 0 saturated carbocycles. The van der Waals surface area contributed by atoms with E-state index in [2.05, 4.69) is 73.5 Å². The van der Waals surface area contributed by atoms with Crippen LogP contribution in [-0.2, 0) is 42.0 Å². The molecule has 1 radical (unpaired) electrons. The molecule has 7 heteroatoms. The van der Waals surface area contributed by atoms with Crippen molar-refractivity contribution in [3.63, 3.8) is 0 Å². The molecule has 0 aliphatic carbocycles. The first-order valence-corrected chi connectivity index (χ1v) is 5.29. The van der Waals surface area contributed by atoms with Crippen molar-refractivity contribution in [1.29, 1.82) is 0 Å². The van der Waals surface area contributed by atoms with Gasteiger partial charge >= 0.3 is 16.8 Å². The number of rotatable bonds is 4. The van der Waals surface area contributed by atoms with Crippen LogP contribution >= 0.6 is 24.4 Å². The van der Waals surface area contributed by atoms with Crippen LogP contribution in [0.15, 0.2) is 25.3 Å². The van der Waals surface area contributed by atoms with Gasteiger partial charge in [0, 0.05) is 13.1 Å². The molecule has 0 aliphatic rings. The summed E-state index contributed by atoms with van der Waals surface area (Å²) in [6, 6.07) is 0. The average molecular weight is 323 g/mol. The topological polar surface area (TPSA) is 24.1 Å². The molecule has 0 bridgehead atoms. The smallest absolute Gasteiger partial charge is 0.412 e. The van der Waals surface area contributed by atoms with Crippen LogP contribution in [0.1, 0.15) is 0 Å². The van der Waals surface area contributed by atoms with Gasteiger partial charge in [-0.1, -0.05) is 20.8 Å². The SMILES string of the molecule is C=CCNC(=S)[S-].C=CCNC(=S)[S-].[Co+2]. The zero-order chi connectivity index (χ0) is 11.4. The fraction of sp³-hybridized carbons (Fsp3) is 0.250. The van der Waals surface area contributed by atoms with Crippen molar-refractivity contribution in [3.05, 3.63) is 25.3 Å². The first kappa shape index (κ1) is 20.6. The minimum absolute atomic E-state index is 0. The quantitative estimate of drug-likeness (QED) is 0.458. The van der Waals surface area contributed by atoms with Gasteiger partial charge in [-0.3, -0.25) is 0 Å². The molecule has 15 heavy (non-hydrogen) atoms. The molecule has 2 N–H and O–H groups in total. The Bertz CT molecular complexity index is 187. The first-order valence-electron chi connectivity index (χ1n) is 3.66. The van der Waals surface area contributed by atoms with Crippen molar-refractivity contribution in [3.8, 4) is 0 Å². The summed E-state index contributed by atoms with van der Waals surface area (Å²) in [5.74, 6) is 0. The van der Waals surface area contributed by atoms with Gasteiger partial charge in [-0.05, 0) is 0 Å². The summed E-state index contributed by atoms with van der Waals surface area (Å²) < 4.78 is 0.805. The Kier molecular flexibility index (Phi) is 22.8. The minimum Gasteiger partial charge on any atom is -0.412 e. The largest absolute Gasteiger partial charge is 2.00 e. The van der Waals surface area contributed by atoms with Crippen molar-refractivity contribution < 1.29 is 16.8 Å². The predicted molar refractivity (Wildman–Crippen MR) is 76.3 cm³/mol. The second-order valence-electron chi connectivity index (χ2n) is 1.91. The zero-order valence-corrected chi connectivity index (χ0v) is 12.3. The van der Waals surface area contributed by atoms with Gasteiger partial charge in [0.25, 0.3) is 0 Å². The average Bonchev–Trinajstić information content (AvgIpc) is 2.12. The minimum atomic E-state index is 0. The normalized spacial score (nSPS) is 6.93. The summed E-state index contributed by atoms with van der Waals surface area (Å²) in [6.07, 6.45) is 3.41. The zero-order valence-electron chi connectivity index (χ0n) is 7.95. The summed E-state index contributed by atoms with van der Waals surface area (Å²) in [4.78, 5) is 0. The fourth-order valence-electron chi connectivity index (χ4n) is 0.311. The Balaban J connectivity index is -0.000000180. The van der Waals surface area contributed by atoms with E-state index in [-0.39, 0.29) is 16.8 Å². The Morgan fingerprint density at radius 1 is 1.00 bits per heavy atom. The van der Waals surface area contributed by atoms with E-state index in [1.54, 1.807) is 12.2 Å². The maximum atomic E-state index is 4.52. The van der Waals surface area contributed by atoms with E-state index >= 15 is 0 Å². The molecule has 0 saturated heterocycles. The van der Waals surface area contributed by atoms with Gasteiger partial charge in [-0.25, -0.2) is 0 Å². The second-order valence-corrected chi connectivity index (χ2v) is 4.06. The molecule has 0 aliphatic heterocycles. The number of hydrogen-bond donors (Lipinski definition) is 2. The van der Waals surface area contributed by atoms with Crippen LogP contribution in [0, 0.1) is 0 Å². The summed E-state index contributed by atoms with van der Waals surface area (Å²) in [7, 11) is 0. The van der Waals surface area contributed by atoms with Crippen molar-refractivity contribution in [2.45, 2.75) is 0 Å². The van der Waals surface area contributed by atoms with Crippen LogP contribution in [-0.4, -0.2) is 21.7 Å². The second kappa shape index (κ2) is 16.6. The van der Waals surface area contributed by atoms with Crippen molar-refractivity contribution in [2.24, 2.45) is 0 Å². The number of hydrogen-bond acceptors (Lipinski definition) is 4. The Labute approximate surface area is 123 Å². The third-order valence-corrected chi connectivity index (χ3v) is 1.36. The Morgan fingerprint density at radius 2 is 1.27 bits per heavy atom. The molecule has 0 aromatic carbocycles. The maximum absolute atomic E-state index is 4.52. The van der Waals surface area contributed by atoms with Crippen molar-refractivity contribution in [2.75, 3.05) is 13.1 Å². The summed E-state index contributed by atoms with van der Waals surface area (Å²) in [5.41, 5.74) is 0. The van der Waals surface area contributed by atoms with E-state index in [0.717, 1.165) is 0 Å². The van der Waals surface area contributed by atoms with Gasteiger partial charge in [-0.2, -0.15) is 0 Å². The number of nitrogens with one attached hydrogen (secondary N) is 2. The summed E-state index contributed by atoms with van der Waals surface area (Å²) in [6.45, 7) is 8.27. The van der Waals surface area contributed by atoms with Crippen molar-refractivity contribution in [1.82, 2.24) is 10.6 Å². The van der Waals surface area contributed by atoms with Crippen LogP contribution in [0.25, 0.3) is 0 Å². The molecule has 0 atom stereocenters. The summed E-state index contributed by atoms with van der Waals surface area (Å²) in [5, 5.41) is 5.45. The van der Waals surface area contributed by atoms with Gasteiger partial charge in [0.1, 0.15) is 0 Å². The molecule has 0 spiro atoms. The fourth-order valence-corrected chi connectivity index (χ4v) is 0.644. The molecule has 87 valence electrons. The molecule has 0 aromatic heterocycles.